The Labute approximate surface area is 159 Å². The molecule has 0 spiro atoms. The van der Waals surface area contributed by atoms with E-state index < -0.39 is 18.5 Å². The Morgan fingerprint density at radius 1 is 1.19 bits per heavy atom. The summed E-state index contributed by atoms with van der Waals surface area (Å²) in [6.07, 6.45) is -0.0844. The van der Waals surface area contributed by atoms with E-state index in [1.165, 1.54) is 11.8 Å². The van der Waals surface area contributed by atoms with Gasteiger partial charge < -0.3 is 14.6 Å². The lowest BCUT2D eigenvalue weighted by molar-refractivity contribution is -0.146. The van der Waals surface area contributed by atoms with Gasteiger partial charge in [0.15, 0.2) is 12.2 Å². The van der Waals surface area contributed by atoms with E-state index in [2.05, 4.69) is 10.5 Å². The number of fused-ring (bicyclic) bond motifs is 1. The number of amides is 1. The number of carbonyl (C=O) groups excluding carboxylic acids is 2. The van der Waals surface area contributed by atoms with Gasteiger partial charge in [-0.3, -0.25) is 9.59 Å². The lowest BCUT2D eigenvalue weighted by atomic mass is 10.2. The molecule has 3 rings (SSSR count). The minimum Gasteiger partial charge on any atom is -0.455 e. The molecule has 0 atom stereocenters. The second-order valence-electron chi connectivity index (χ2n) is 5.45. The monoisotopic (exact) mass is 381 g/mol. The van der Waals surface area contributed by atoms with Gasteiger partial charge in [-0.15, -0.1) is 11.8 Å². The first-order chi connectivity index (χ1) is 13.2. The number of hydrogen-bond acceptors (Lipinski definition) is 7. The molecule has 0 aliphatic carbocycles. The van der Waals surface area contributed by atoms with Crippen molar-refractivity contribution in [3.63, 3.8) is 0 Å². The van der Waals surface area contributed by atoms with Crippen molar-refractivity contribution in [2.24, 2.45) is 0 Å². The number of anilines is 1. The normalized spacial score (nSPS) is 10.3. The van der Waals surface area contributed by atoms with Crippen LogP contribution >= 0.6 is 11.8 Å². The predicted molar refractivity (Wildman–Crippen MR) is 100 cm³/mol. The largest absolute Gasteiger partial charge is 0.455 e. The first-order valence-electron chi connectivity index (χ1n) is 8.05. The molecule has 0 radical (unpaired) electrons. The Morgan fingerprint density at radius 2 is 1.96 bits per heavy atom. The highest BCUT2D eigenvalue weighted by Crippen LogP contribution is 2.26. The van der Waals surface area contributed by atoms with Crippen molar-refractivity contribution in [3.8, 4) is 6.07 Å². The molecule has 2 aromatic carbocycles. The number of carbonyl (C=O) groups is 2. The van der Waals surface area contributed by atoms with Crippen LogP contribution in [-0.4, -0.2) is 29.4 Å². The van der Waals surface area contributed by atoms with E-state index in [-0.39, 0.29) is 12.2 Å². The maximum absolute atomic E-state index is 12.1. The molecule has 0 aliphatic rings. The van der Waals surface area contributed by atoms with Crippen LogP contribution in [0.1, 0.15) is 5.69 Å². The fraction of sp³-hybridized carbons (Fsp3) is 0.158. The lowest BCUT2D eigenvalue weighted by Crippen LogP contribution is -2.22. The van der Waals surface area contributed by atoms with Gasteiger partial charge in [-0.05, 0) is 24.3 Å². The Hall–Kier alpha value is -3.31. The van der Waals surface area contributed by atoms with Crippen LogP contribution in [0.4, 0.5) is 5.69 Å². The van der Waals surface area contributed by atoms with Gasteiger partial charge in [-0.2, -0.15) is 5.26 Å². The second kappa shape index (κ2) is 8.87. The summed E-state index contributed by atoms with van der Waals surface area (Å²) >= 11 is 1.32. The number of ether oxygens (including phenoxy) is 1. The fourth-order valence-corrected chi connectivity index (χ4v) is 3.06. The zero-order valence-corrected chi connectivity index (χ0v) is 15.0. The van der Waals surface area contributed by atoms with Gasteiger partial charge in [0.2, 0.25) is 0 Å². The molecule has 3 aromatic rings. The highest BCUT2D eigenvalue weighted by Gasteiger charge is 2.15. The van der Waals surface area contributed by atoms with E-state index in [1.807, 2.05) is 24.3 Å². The summed E-state index contributed by atoms with van der Waals surface area (Å²) in [4.78, 5) is 24.8. The quantitative estimate of drug-likeness (QED) is 0.495. The highest BCUT2D eigenvalue weighted by molar-refractivity contribution is 7.99. The summed E-state index contributed by atoms with van der Waals surface area (Å²) in [6.45, 7) is -0.411. The number of aromatic nitrogens is 1. The summed E-state index contributed by atoms with van der Waals surface area (Å²) < 4.78 is 10.2. The van der Waals surface area contributed by atoms with Crippen LogP contribution in [0.25, 0.3) is 11.0 Å². The van der Waals surface area contributed by atoms with Crippen molar-refractivity contribution in [2.75, 3.05) is 17.7 Å². The molecule has 0 bridgehead atoms. The molecule has 27 heavy (non-hydrogen) atoms. The third-order valence-electron chi connectivity index (χ3n) is 3.58. The molecular formula is C19H15N3O4S. The van der Waals surface area contributed by atoms with Gasteiger partial charge >= 0.3 is 5.97 Å². The first kappa shape index (κ1) is 18.5. The summed E-state index contributed by atoms with van der Waals surface area (Å²) in [6, 6.07) is 16.3. The fourth-order valence-electron chi connectivity index (χ4n) is 2.39. The molecule has 1 aromatic heterocycles. The number of hydrogen-bond donors (Lipinski definition) is 1. The average molecular weight is 381 g/mol. The van der Waals surface area contributed by atoms with E-state index in [9.17, 15) is 9.59 Å². The van der Waals surface area contributed by atoms with Gasteiger partial charge in [-0.1, -0.05) is 29.4 Å². The third-order valence-corrected chi connectivity index (χ3v) is 4.52. The smallest absolute Gasteiger partial charge is 0.312 e. The van der Waals surface area contributed by atoms with Crippen LogP contribution in [0, 0.1) is 11.3 Å². The van der Waals surface area contributed by atoms with E-state index >= 15 is 0 Å². The Bertz CT molecular complexity index is 1010. The molecule has 0 saturated heterocycles. The number of nitrogens with one attached hydrogen (secondary N) is 1. The molecule has 1 amide bonds. The van der Waals surface area contributed by atoms with Crippen LogP contribution in [0.5, 0.6) is 0 Å². The molecule has 0 unspecified atom stereocenters. The van der Waals surface area contributed by atoms with Gasteiger partial charge in [0.05, 0.1) is 23.9 Å². The van der Waals surface area contributed by atoms with Crippen LogP contribution in [0.2, 0.25) is 0 Å². The summed E-state index contributed by atoms with van der Waals surface area (Å²) in [5.41, 5.74) is 1.63. The van der Waals surface area contributed by atoms with Crippen molar-refractivity contribution < 1.29 is 18.8 Å². The molecule has 136 valence electrons. The van der Waals surface area contributed by atoms with E-state index in [1.54, 1.807) is 30.3 Å². The SMILES string of the molecule is N#CCSc1ccccc1NC(=O)COC(=O)Cc1noc2ccccc12. The molecular weight excluding hydrogens is 366 g/mol. The topological polar surface area (TPSA) is 105 Å². The number of para-hydroxylation sites is 2. The Kier molecular flexibility index (Phi) is 6.07. The standard InChI is InChI=1S/C19H15N3O4S/c20-9-10-27-17-8-4-2-6-14(17)21-18(23)12-25-19(24)11-15-13-5-1-3-7-16(13)26-22-15/h1-8H,10-12H2,(H,21,23). The minimum atomic E-state index is -0.573. The number of rotatable bonds is 7. The number of nitriles is 1. The zero-order chi connectivity index (χ0) is 19.1. The summed E-state index contributed by atoms with van der Waals surface area (Å²) in [5.74, 6) is -0.761. The molecule has 0 aliphatic heterocycles. The maximum atomic E-state index is 12.1. The van der Waals surface area contributed by atoms with E-state index in [4.69, 9.17) is 14.5 Å². The molecule has 7 nitrogen and oxygen atoms in total. The zero-order valence-electron chi connectivity index (χ0n) is 14.2. The van der Waals surface area contributed by atoms with E-state index in [0.717, 1.165) is 10.3 Å². The van der Waals surface area contributed by atoms with Crippen LogP contribution in [0.15, 0.2) is 57.9 Å². The van der Waals surface area contributed by atoms with Crippen LogP contribution < -0.4 is 5.32 Å². The number of nitrogens with zero attached hydrogens (tertiary/aromatic N) is 2. The van der Waals surface area contributed by atoms with Crippen molar-refractivity contribution in [1.29, 1.82) is 5.26 Å². The summed E-state index contributed by atoms with van der Waals surface area (Å²) in [5, 5.41) is 16.0. The van der Waals surface area contributed by atoms with Gasteiger partial charge in [0.1, 0.15) is 5.69 Å². The van der Waals surface area contributed by atoms with Crippen molar-refractivity contribution in [1.82, 2.24) is 5.16 Å². The Morgan fingerprint density at radius 3 is 2.81 bits per heavy atom. The van der Waals surface area contributed by atoms with Crippen molar-refractivity contribution >= 4 is 40.3 Å². The van der Waals surface area contributed by atoms with Crippen molar-refractivity contribution in [3.05, 3.63) is 54.2 Å². The number of esters is 1. The van der Waals surface area contributed by atoms with Gasteiger partial charge in [0, 0.05) is 10.3 Å². The molecule has 1 heterocycles. The molecule has 8 heteroatoms. The maximum Gasteiger partial charge on any atom is 0.312 e. The molecule has 0 saturated carbocycles. The minimum absolute atomic E-state index is 0.0844. The summed E-state index contributed by atoms with van der Waals surface area (Å²) in [7, 11) is 0. The lowest BCUT2D eigenvalue weighted by Gasteiger charge is -2.09. The van der Waals surface area contributed by atoms with E-state index in [0.29, 0.717) is 17.0 Å². The first-order valence-corrected chi connectivity index (χ1v) is 9.03. The highest BCUT2D eigenvalue weighted by atomic mass is 32.2. The van der Waals surface area contributed by atoms with Crippen LogP contribution in [0.3, 0.4) is 0 Å². The Balaban J connectivity index is 1.53. The molecule has 0 fully saturated rings. The second-order valence-corrected chi connectivity index (χ2v) is 6.47. The van der Waals surface area contributed by atoms with Crippen molar-refractivity contribution in [2.45, 2.75) is 11.3 Å². The average Bonchev–Trinajstić information content (AvgIpc) is 3.09. The molecule has 1 N–H and O–H groups in total. The van der Waals surface area contributed by atoms with Gasteiger partial charge in [0.25, 0.3) is 5.91 Å². The number of benzene rings is 2. The number of thioether (sulfide) groups is 1. The van der Waals surface area contributed by atoms with Crippen LogP contribution in [-0.2, 0) is 20.7 Å². The third kappa shape index (κ3) is 4.86. The predicted octanol–water partition coefficient (Wildman–Crippen LogP) is 3.17. The van der Waals surface area contributed by atoms with Gasteiger partial charge in [-0.25, -0.2) is 0 Å².